The highest BCUT2D eigenvalue weighted by atomic mass is 16.2. The standard InChI is InChI=1S/C14H17N3O2/c1-16-12-7-3-2-6-11(12)13(18)17(14(16)19)10-5-4-8-15-9-10/h2-3,6-7,10,15H,4-5,8-9H2,1H3/t10-/m1/s1. The third-order valence-electron chi connectivity index (χ3n) is 3.84. The Morgan fingerprint density at radius 2 is 2.05 bits per heavy atom. The van der Waals surface area contributed by atoms with Crippen molar-refractivity contribution in [2.75, 3.05) is 13.1 Å². The van der Waals surface area contributed by atoms with Gasteiger partial charge in [-0.25, -0.2) is 4.79 Å². The fourth-order valence-electron chi connectivity index (χ4n) is 2.80. The zero-order chi connectivity index (χ0) is 13.4. The van der Waals surface area contributed by atoms with E-state index in [-0.39, 0.29) is 17.3 Å². The Hall–Kier alpha value is -1.88. The first-order valence-corrected chi connectivity index (χ1v) is 6.61. The monoisotopic (exact) mass is 259 g/mol. The Bertz CT molecular complexity index is 724. The normalized spacial score (nSPS) is 19.7. The molecule has 0 radical (unpaired) electrons. The molecular formula is C14H17N3O2. The first kappa shape index (κ1) is 12.2. The maximum absolute atomic E-state index is 12.5. The molecule has 1 saturated heterocycles. The fraction of sp³-hybridized carbons (Fsp3) is 0.429. The molecule has 1 aromatic carbocycles. The number of hydrogen-bond acceptors (Lipinski definition) is 3. The Balaban J connectivity index is 2.30. The van der Waals surface area contributed by atoms with Gasteiger partial charge in [0.15, 0.2) is 0 Å². The lowest BCUT2D eigenvalue weighted by Crippen LogP contribution is -2.46. The van der Waals surface area contributed by atoms with Gasteiger partial charge >= 0.3 is 5.69 Å². The van der Waals surface area contributed by atoms with Gasteiger partial charge in [-0.2, -0.15) is 0 Å². The van der Waals surface area contributed by atoms with E-state index in [1.807, 2.05) is 18.2 Å². The average molecular weight is 259 g/mol. The van der Waals surface area contributed by atoms with E-state index in [4.69, 9.17) is 0 Å². The van der Waals surface area contributed by atoms with Crippen LogP contribution in [0, 0.1) is 0 Å². The summed E-state index contributed by atoms with van der Waals surface area (Å²) in [5, 5.41) is 3.85. The van der Waals surface area contributed by atoms with Crippen molar-refractivity contribution in [3.05, 3.63) is 45.1 Å². The van der Waals surface area contributed by atoms with E-state index in [2.05, 4.69) is 5.32 Å². The molecule has 1 atom stereocenters. The van der Waals surface area contributed by atoms with Gasteiger partial charge in [-0.3, -0.25) is 13.9 Å². The van der Waals surface area contributed by atoms with Gasteiger partial charge in [-0.15, -0.1) is 0 Å². The second kappa shape index (κ2) is 4.66. The van der Waals surface area contributed by atoms with Crippen molar-refractivity contribution < 1.29 is 0 Å². The number of para-hydroxylation sites is 1. The Kier molecular flexibility index (Phi) is 2.98. The van der Waals surface area contributed by atoms with Crippen LogP contribution in [0.5, 0.6) is 0 Å². The summed E-state index contributed by atoms with van der Waals surface area (Å²) >= 11 is 0. The molecule has 100 valence electrons. The average Bonchev–Trinajstić information content (AvgIpc) is 2.46. The number of rotatable bonds is 1. The van der Waals surface area contributed by atoms with Crippen LogP contribution in [0.1, 0.15) is 18.9 Å². The molecule has 19 heavy (non-hydrogen) atoms. The number of piperidine rings is 1. The summed E-state index contributed by atoms with van der Waals surface area (Å²) in [6, 6.07) is 7.22. The van der Waals surface area contributed by atoms with Crippen molar-refractivity contribution in [1.82, 2.24) is 14.5 Å². The van der Waals surface area contributed by atoms with Crippen molar-refractivity contribution in [2.24, 2.45) is 7.05 Å². The molecule has 1 fully saturated rings. The molecule has 2 heterocycles. The minimum Gasteiger partial charge on any atom is -0.315 e. The van der Waals surface area contributed by atoms with Crippen molar-refractivity contribution >= 4 is 10.9 Å². The molecule has 1 aliphatic heterocycles. The zero-order valence-electron chi connectivity index (χ0n) is 10.9. The lowest BCUT2D eigenvalue weighted by atomic mass is 10.1. The molecule has 0 amide bonds. The van der Waals surface area contributed by atoms with E-state index in [1.54, 1.807) is 17.7 Å². The van der Waals surface area contributed by atoms with Crippen LogP contribution in [0.15, 0.2) is 33.9 Å². The highest BCUT2D eigenvalue weighted by Gasteiger charge is 2.20. The number of nitrogens with zero attached hydrogens (tertiary/aromatic N) is 2. The van der Waals surface area contributed by atoms with Crippen LogP contribution in [-0.4, -0.2) is 22.2 Å². The van der Waals surface area contributed by atoms with E-state index >= 15 is 0 Å². The molecule has 1 N–H and O–H groups in total. The van der Waals surface area contributed by atoms with Gasteiger partial charge in [0, 0.05) is 13.6 Å². The quantitative estimate of drug-likeness (QED) is 0.817. The van der Waals surface area contributed by atoms with Crippen LogP contribution < -0.4 is 16.6 Å². The first-order chi connectivity index (χ1) is 9.20. The lowest BCUT2D eigenvalue weighted by Gasteiger charge is -2.25. The van der Waals surface area contributed by atoms with Gasteiger partial charge in [0.2, 0.25) is 0 Å². The molecule has 0 unspecified atom stereocenters. The maximum Gasteiger partial charge on any atom is 0.331 e. The van der Waals surface area contributed by atoms with Gasteiger partial charge < -0.3 is 5.32 Å². The van der Waals surface area contributed by atoms with Crippen LogP contribution >= 0.6 is 0 Å². The van der Waals surface area contributed by atoms with Gasteiger partial charge in [0.1, 0.15) is 0 Å². The number of fused-ring (bicyclic) bond motifs is 1. The van der Waals surface area contributed by atoms with E-state index in [9.17, 15) is 9.59 Å². The predicted octanol–water partition coefficient (Wildman–Crippen LogP) is 0.625. The van der Waals surface area contributed by atoms with Gasteiger partial charge in [-0.05, 0) is 31.5 Å². The van der Waals surface area contributed by atoms with Gasteiger partial charge in [0.05, 0.1) is 16.9 Å². The van der Waals surface area contributed by atoms with Crippen molar-refractivity contribution in [2.45, 2.75) is 18.9 Å². The summed E-state index contributed by atoms with van der Waals surface area (Å²) < 4.78 is 2.97. The summed E-state index contributed by atoms with van der Waals surface area (Å²) in [6.45, 7) is 1.65. The van der Waals surface area contributed by atoms with Crippen LogP contribution in [0.3, 0.4) is 0 Å². The Morgan fingerprint density at radius 3 is 2.79 bits per heavy atom. The molecule has 5 heteroatoms. The van der Waals surface area contributed by atoms with E-state index < -0.39 is 0 Å². The van der Waals surface area contributed by atoms with E-state index in [0.29, 0.717) is 17.4 Å². The third-order valence-corrected chi connectivity index (χ3v) is 3.84. The molecular weight excluding hydrogens is 242 g/mol. The first-order valence-electron chi connectivity index (χ1n) is 6.61. The number of aryl methyl sites for hydroxylation is 1. The molecule has 3 rings (SSSR count). The lowest BCUT2D eigenvalue weighted by molar-refractivity contribution is 0.351. The molecule has 1 aromatic heterocycles. The smallest absolute Gasteiger partial charge is 0.315 e. The topological polar surface area (TPSA) is 56.0 Å². The summed E-state index contributed by atoms with van der Waals surface area (Å²) in [5.74, 6) is 0. The summed E-state index contributed by atoms with van der Waals surface area (Å²) in [5.41, 5.74) is 0.294. The van der Waals surface area contributed by atoms with Crippen LogP contribution in [0.4, 0.5) is 0 Å². The molecule has 2 aromatic rings. The highest BCUT2D eigenvalue weighted by molar-refractivity contribution is 5.77. The van der Waals surface area contributed by atoms with Gasteiger partial charge in [-0.1, -0.05) is 12.1 Å². The predicted molar refractivity (Wildman–Crippen MR) is 74.6 cm³/mol. The van der Waals surface area contributed by atoms with Crippen molar-refractivity contribution in [1.29, 1.82) is 0 Å². The molecule has 0 bridgehead atoms. The van der Waals surface area contributed by atoms with E-state index in [1.165, 1.54) is 4.57 Å². The van der Waals surface area contributed by atoms with Crippen LogP contribution in [0.25, 0.3) is 10.9 Å². The second-order valence-corrected chi connectivity index (χ2v) is 5.03. The minimum absolute atomic E-state index is 0.0374. The molecule has 0 saturated carbocycles. The van der Waals surface area contributed by atoms with Gasteiger partial charge in [0.25, 0.3) is 5.56 Å². The van der Waals surface area contributed by atoms with Crippen LogP contribution in [0.2, 0.25) is 0 Å². The van der Waals surface area contributed by atoms with Crippen molar-refractivity contribution in [3.63, 3.8) is 0 Å². The number of nitrogens with one attached hydrogen (secondary N) is 1. The third kappa shape index (κ3) is 1.90. The number of benzene rings is 1. The summed E-state index contributed by atoms with van der Waals surface area (Å²) in [4.78, 5) is 24.9. The van der Waals surface area contributed by atoms with E-state index in [0.717, 1.165) is 19.4 Å². The van der Waals surface area contributed by atoms with Crippen LogP contribution in [-0.2, 0) is 7.05 Å². The summed E-state index contributed by atoms with van der Waals surface area (Å²) in [7, 11) is 1.72. The zero-order valence-corrected chi connectivity index (χ0v) is 10.9. The Morgan fingerprint density at radius 1 is 1.26 bits per heavy atom. The highest BCUT2D eigenvalue weighted by Crippen LogP contribution is 2.14. The molecule has 0 spiro atoms. The largest absolute Gasteiger partial charge is 0.331 e. The summed E-state index contributed by atoms with van der Waals surface area (Å²) in [6.07, 6.45) is 1.87. The number of aromatic nitrogens is 2. The SMILES string of the molecule is Cn1c(=O)n([C@@H]2CCCNC2)c(=O)c2ccccc21. The second-order valence-electron chi connectivity index (χ2n) is 5.03. The fourth-order valence-corrected chi connectivity index (χ4v) is 2.80. The molecule has 0 aliphatic carbocycles. The number of hydrogen-bond donors (Lipinski definition) is 1. The maximum atomic E-state index is 12.5. The minimum atomic E-state index is -0.225. The Labute approximate surface area is 110 Å². The van der Waals surface area contributed by atoms with Crippen molar-refractivity contribution in [3.8, 4) is 0 Å². The molecule has 1 aliphatic rings. The molecule has 5 nitrogen and oxygen atoms in total.